The second-order valence-electron chi connectivity index (χ2n) is 3.57. The van der Waals surface area contributed by atoms with Crippen molar-refractivity contribution in [3.05, 3.63) is 12.4 Å². The van der Waals surface area contributed by atoms with Gasteiger partial charge in [-0.25, -0.2) is 14.6 Å². The van der Waals surface area contributed by atoms with Gasteiger partial charge >= 0.3 is 18.0 Å². The molecule has 10 heteroatoms. The maximum Gasteiger partial charge on any atom is 0.326 e. The Morgan fingerprint density at radius 1 is 1.40 bits per heavy atom. The van der Waals surface area contributed by atoms with Gasteiger partial charge in [0.1, 0.15) is 6.04 Å². The molecule has 0 unspecified atom stereocenters. The van der Waals surface area contributed by atoms with E-state index in [1.54, 1.807) is 0 Å². The van der Waals surface area contributed by atoms with E-state index in [4.69, 9.17) is 5.11 Å². The first kappa shape index (κ1) is 15.3. The third kappa shape index (κ3) is 5.25. The SMILES string of the molecule is COC(=O)CC[C@H](NC(=O)Nc1nccnn1)C(=O)O. The van der Waals surface area contributed by atoms with Gasteiger partial charge in [-0.15, -0.1) is 5.10 Å². The standard InChI is InChI=1S/C10H13N5O5/c1-20-7(16)3-2-6(8(17)18)13-10(19)14-9-11-4-5-12-15-9/h4-6H,2-3H2,1H3,(H,17,18)(H2,11,13,14,15,19)/t6-/m0/s1. The average molecular weight is 283 g/mol. The van der Waals surface area contributed by atoms with Crippen molar-refractivity contribution >= 4 is 23.9 Å². The molecule has 0 bridgehead atoms. The fraction of sp³-hybridized carbons (Fsp3) is 0.400. The highest BCUT2D eigenvalue weighted by atomic mass is 16.5. The molecule has 0 saturated carbocycles. The molecule has 108 valence electrons. The van der Waals surface area contributed by atoms with Gasteiger partial charge in [0.05, 0.1) is 19.5 Å². The van der Waals surface area contributed by atoms with Crippen LogP contribution in [-0.2, 0) is 14.3 Å². The Hall–Kier alpha value is -2.78. The van der Waals surface area contributed by atoms with E-state index in [1.165, 1.54) is 19.5 Å². The van der Waals surface area contributed by atoms with Crippen LogP contribution in [0.3, 0.4) is 0 Å². The Labute approximate surface area is 113 Å². The summed E-state index contributed by atoms with van der Waals surface area (Å²) in [6.45, 7) is 0. The van der Waals surface area contributed by atoms with Crippen LogP contribution >= 0.6 is 0 Å². The number of methoxy groups -OCH3 is 1. The van der Waals surface area contributed by atoms with Crippen LogP contribution in [-0.4, -0.2) is 51.4 Å². The summed E-state index contributed by atoms with van der Waals surface area (Å²) in [6, 6.07) is -2.04. The van der Waals surface area contributed by atoms with Crippen LogP contribution in [0, 0.1) is 0 Å². The monoisotopic (exact) mass is 283 g/mol. The molecule has 0 spiro atoms. The van der Waals surface area contributed by atoms with Crippen molar-refractivity contribution in [2.75, 3.05) is 12.4 Å². The lowest BCUT2D eigenvalue weighted by Gasteiger charge is -2.13. The summed E-state index contributed by atoms with van der Waals surface area (Å²) in [4.78, 5) is 37.1. The molecule has 0 aromatic carbocycles. The van der Waals surface area contributed by atoms with Gasteiger partial charge in [-0.05, 0) is 6.42 Å². The van der Waals surface area contributed by atoms with Gasteiger partial charge in [-0.2, -0.15) is 5.10 Å². The topological polar surface area (TPSA) is 143 Å². The van der Waals surface area contributed by atoms with Gasteiger partial charge in [0.15, 0.2) is 0 Å². The Bertz CT molecular complexity index is 480. The van der Waals surface area contributed by atoms with Crippen molar-refractivity contribution in [2.45, 2.75) is 18.9 Å². The van der Waals surface area contributed by atoms with Gasteiger partial charge in [0.25, 0.3) is 5.95 Å². The van der Waals surface area contributed by atoms with Gasteiger partial charge in [0, 0.05) is 6.42 Å². The minimum atomic E-state index is -1.27. The molecule has 0 fully saturated rings. The minimum Gasteiger partial charge on any atom is -0.480 e. The number of carbonyl (C=O) groups excluding carboxylic acids is 2. The lowest BCUT2D eigenvalue weighted by atomic mass is 10.1. The Kier molecular flexibility index (Phi) is 5.81. The summed E-state index contributed by atoms with van der Waals surface area (Å²) in [6.07, 6.45) is 2.41. The van der Waals surface area contributed by atoms with E-state index in [1.807, 2.05) is 0 Å². The normalized spacial score (nSPS) is 11.2. The molecule has 3 N–H and O–H groups in total. The number of nitrogens with zero attached hydrogens (tertiary/aromatic N) is 3. The fourth-order valence-electron chi connectivity index (χ4n) is 1.22. The van der Waals surface area contributed by atoms with Crippen LogP contribution in [0.4, 0.5) is 10.7 Å². The van der Waals surface area contributed by atoms with Crippen molar-refractivity contribution in [1.82, 2.24) is 20.5 Å². The number of carbonyl (C=O) groups is 3. The number of ether oxygens (including phenoxy) is 1. The Morgan fingerprint density at radius 2 is 2.15 bits per heavy atom. The number of anilines is 1. The van der Waals surface area contributed by atoms with E-state index in [0.29, 0.717) is 0 Å². The number of aliphatic carboxylic acids is 1. The highest BCUT2D eigenvalue weighted by Crippen LogP contribution is 2.00. The first-order valence-electron chi connectivity index (χ1n) is 5.53. The number of esters is 1. The number of rotatable bonds is 6. The molecular weight excluding hydrogens is 270 g/mol. The third-order valence-corrected chi connectivity index (χ3v) is 2.18. The molecule has 1 aromatic heterocycles. The Morgan fingerprint density at radius 3 is 2.70 bits per heavy atom. The van der Waals surface area contributed by atoms with E-state index >= 15 is 0 Å². The molecule has 0 aliphatic rings. The number of aromatic nitrogens is 3. The van der Waals surface area contributed by atoms with Crippen LogP contribution < -0.4 is 10.6 Å². The van der Waals surface area contributed by atoms with Crippen molar-refractivity contribution < 1.29 is 24.2 Å². The molecule has 1 rings (SSSR count). The quantitative estimate of drug-likeness (QED) is 0.587. The molecule has 10 nitrogen and oxygen atoms in total. The molecular formula is C10H13N5O5. The molecule has 1 atom stereocenters. The molecule has 1 aromatic rings. The zero-order valence-electron chi connectivity index (χ0n) is 10.6. The van der Waals surface area contributed by atoms with Gasteiger partial charge in [0.2, 0.25) is 0 Å². The smallest absolute Gasteiger partial charge is 0.326 e. The predicted molar refractivity (Wildman–Crippen MR) is 64.7 cm³/mol. The predicted octanol–water partition coefficient (Wildman–Crippen LogP) is -0.600. The lowest BCUT2D eigenvalue weighted by Crippen LogP contribution is -2.43. The third-order valence-electron chi connectivity index (χ3n) is 2.18. The Balaban J connectivity index is 2.50. The van der Waals surface area contributed by atoms with Crippen molar-refractivity contribution in [3.8, 4) is 0 Å². The highest BCUT2D eigenvalue weighted by molar-refractivity contribution is 5.90. The summed E-state index contributed by atoms with van der Waals surface area (Å²) in [7, 11) is 1.19. The summed E-state index contributed by atoms with van der Waals surface area (Å²) < 4.78 is 4.39. The summed E-state index contributed by atoms with van der Waals surface area (Å²) >= 11 is 0. The van der Waals surface area contributed by atoms with E-state index in [9.17, 15) is 14.4 Å². The first-order valence-corrected chi connectivity index (χ1v) is 5.53. The largest absolute Gasteiger partial charge is 0.480 e. The summed E-state index contributed by atoms with van der Waals surface area (Å²) in [5.74, 6) is -1.90. The summed E-state index contributed by atoms with van der Waals surface area (Å²) in [5, 5.41) is 20.3. The number of hydrogen-bond acceptors (Lipinski definition) is 7. The van der Waals surface area contributed by atoms with E-state index in [2.05, 4.69) is 30.6 Å². The van der Waals surface area contributed by atoms with E-state index in [0.717, 1.165) is 0 Å². The average Bonchev–Trinajstić information content (AvgIpc) is 2.43. The van der Waals surface area contributed by atoms with Gasteiger partial charge < -0.3 is 15.2 Å². The maximum atomic E-state index is 11.5. The van der Waals surface area contributed by atoms with E-state index < -0.39 is 24.0 Å². The second kappa shape index (κ2) is 7.61. The first-order chi connectivity index (χ1) is 9.52. The van der Waals surface area contributed by atoms with Crippen LogP contribution in [0.5, 0.6) is 0 Å². The molecule has 20 heavy (non-hydrogen) atoms. The van der Waals surface area contributed by atoms with Crippen LogP contribution in [0.15, 0.2) is 12.4 Å². The molecule has 0 aliphatic carbocycles. The number of carboxylic acid groups (broad SMARTS) is 1. The van der Waals surface area contributed by atoms with Crippen molar-refractivity contribution in [3.63, 3.8) is 0 Å². The zero-order valence-corrected chi connectivity index (χ0v) is 10.6. The maximum absolute atomic E-state index is 11.5. The van der Waals surface area contributed by atoms with Crippen molar-refractivity contribution in [1.29, 1.82) is 0 Å². The molecule has 0 saturated heterocycles. The molecule has 0 aliphatic heterocycles. The highest BCUT2D eigenvalue weighted by Gasteiger charge is 2.21. The van der Waals surface area contributed by atoms with Crippen LogP contribution in [0.2, 0.25) is 0 Å². The van der Waals surface area contributed by atoms with Gasteiger partial charge in [-0.1, -0.05) is 0 Å². The van der Waals surface area contributed by atoms with Gasteiger partial charge in [-0.3, -0.25) is 10.1 Å². The number of amides is 2. The lowest BCUT2D eigenvalue weighted by molar-refractivity contribution is -0.142. The van der Waals surface area contributed by atoms with Crippen LogP contribution in [0.1, 0.15) is 12.8 Å². The van der Waals surface area contributed by atoms with E-state index in [-0.39, 0.29) is 18.8 Å². The zero-order chi connectivity index (χ0) is 15.0. The second-order valence-corrected chi connectivity index (χ2v) is 3.57. The molecule has 0 radical (unpaired) electrons. The van der Waals surface area contributed by atoms with Crippen molar-refractivity contribution in [2.24, 2.45) is 0 Å². The number of carboxylic acids is 1. The van der Waals surface area contributed by atoms with Crippen LogP contribution in [0.25, 0.3) is 0 Å². The fourth-order valence-corrected chi connectivity index (χ4v) is 1.22. The number of urea groups is 1. The molecule has 2 amide bonds. The summed E-state index contributed by atoms with van der Waals surface area (Å²) in [5.41, 5.74) is 0. The minimum absolute atomic E-state index is 0.0675. The number of nitrogens with one attached hydrogen (secondary N) is 2. The molecule has 1 heterocycles. The number of hydrogen-bond donors (Lipinski definition) is 3.